The van der Waals surface area contributed by atoms with Crippen LogP contribution in [0, 0.1) is 3.57 Å². The SMILES string of the molecule is O=Ic1c(C(=O)O)cc(C(F)(F)F)c(C(=O)O)c1C(F)(F)F. The van der Waals surface area contributed by atoms with Crippen molar-refractivity contribution in [3.63, 3.8) is 0 Å². The van der Waals surface area contributed by atoms with Crippen molar-refractivity contribution in [1.82, 2.24) is 0 Å². The van der Waals surface area contributed by atoms with Crippen molar-refractivity contribution in [1.29, 1.82) is 0 Å². The summed E-state index contributed by atoms with van der Waals surface area (Å²) in [5.41, 5.74) is -8.29. The van der Waals surface area contributed by atoms with Gasteiger partial charge in [0.2, 0.25) is 0 Å². The predicted molar refractivity (Wildman–Crippen MR) is 63.8 cm³/mol. The second-order valence-corrected chi connectivity index (χ2v) is 5.24. The molecule has 0 atom stereocenters. The van der Waals surface area contributed by atoms with E-state index in [1.54, 1.807) is 0 Å². The summed E-state index contributed by atoms with van der Waals surface area (Å²) < 4.78 is 86.5. The summed E-state index contributed by atoms with van der Waals surface area (Å²) in [7, 11) is 0. The number of rotatable bonds is 3. The predicted octanol–water partition coefficient (Wildman–Crippen LogP) is 3.61. The van der Waals surface area contributed by atoms with Gasteiger partial charge in [0.1, 0.15) is 0 Å². The Morgan fingerprint density at radius 2 is 1.45 bits per heavy atom. The maximum absolute atomic E-state index is 12.9. The third kappa shape index (κ3) is 3.36. The maximum Gasteiger partial charge on any atom is 0.418 e. The highest BCUT2D eigenvalue weighted by atomic mass is 127. The lowest BCUT2D eigenvalue weighted by Crippen LogP contribution is -2.24. The van der Waals surface area contributed by atoms with Crippen LogP contribution in [0.2, 0.25) is 0 Å². The maximum atomic E-state index is 12.9. The van der Waals surface area contributed by atoms with Crippen molar-refractivity contribution in [2.45, 2.75) is 12.4 Å². The molecule has 0 bridgehead atoms. The second-order valence-electron chi connectivity index (χ2n) is 3.72. The van der Waals surface area contributed by atoms with Gasteiger partial charge in [0.25, 0.3) is 0 Å². The highest BCUT2D eigenvalue weighted by Crippen LogP contribution is 2.43. The summed E-state index contributed by atoms with van der Waals surface area (Å²) in [6.45, 7) is 0. The number of carboxylic acid groups (broad SMARTS) is 2. The van der Waals surface area contributed by atoms with Gasteiger partial charge < -0.3 is 10.2 Å². The number of hydrogen-bond acceptors (Lipinski definition) is 3. The zero-order valence-corrected chi connectivity index (χ0v) is 12.0. The second kappa shape index (κ2) is 5.81. The van der Waals surface area contributed by atoms with Crippen LogP contribution in [-0.4, -0.2) is 22.2 Å². The average molecular weight is 444 g/mol. The third-order valence-corrected chi connectivity index (χ3v) is 3.94. The molecule has 0 unspecified atom stereocenters. The van der Waals surface area contributed by atoms with Crippen LogP contribution in [-0.2, 0) is 15.4 Å². The van der Waals surface area contributed by atoms with Gasteiger partial charge in [0.05, 0.1) is 25.8 Å². The Hall–Kier alpha value is -1.73. The van der Waals surface area contributed by atoms with E-state index in [2.05, 4.69) is 0 Å². The minimum absolute atomic E-state index is 0.256. The van der Waals surface area contributed by atoms with Crippen molar-refractivity contribution in [3.8, 4) is 0 Å². The van der Waals surface area contributed by atoms with Gasteiger partial charge in [-0.15, -0.1) is 0 Å². The smallest absolute Gasteiger partial charge is 0.418 e. The van der Waals surface area contributed by atoms with Gasteiger partial charge in [-0.25, -0.2) is 9.59 Å². The molecule has 0 fully saturated rings. The molecule has 5 nitrogen and oxygen atoms in total. The van der Waals surface area contributed by atoms with Crippen LogP contribution in [0.3, 0.4) is 0 Å². The lowest BCUT2D eigenvalue weighted by molar-refractivity contribution is -0.144. The summed E-state index contributed by atoms with van der Waals surface area (Å²) in [4.78, 5) is 21.7. The molecule has 12 heteroatoms. The Morgan fingerprint density at radius 1 is 0.955 bits per heavy atom. The van der Waals surface area contributed by atoms with Gasteiger partial charge in [-0.1, -0.05) is 0 Å². The molecule has 0 aliphatic carbocycles. The number of alkyl halides is 6. The molecule has 0 radical (unpaired) electrons. The zero-order valence-electron chi connectivity index (χ0n) is 9.84. The molecule has 0 saturated carbocycles. The van der Waals surface area contributed by atoms with Crippen LogP contribution >= 0.6 is 21.2 Å². The Kier molecular flexibility index (Phi) is 4.84. The molecule has 0 amide bonds. The van der Waals surface area contributed by atoms with Crippen molar-refractivity contribution in [3.05, 3.63) is 31.9 Å². The number of benzene rings is 1. The van der Waals surface area contributed by atoms with Crippen LogP contribution in [0.5, 0.6) is 0 Å². The Bertz CT molecular complexity index is 663. The quantitative estimate of drug-likeness (QED) is 0.550. The van der Waals surface area contributed by atoms with Crippen molar-refractivity contribution >= 4 is 33.1 Å². The monoisotopic (exact) mass is 444 g/mol. The first-order valence-electron chi connectivity index (χ1n) is 4.91. The van der Waals surface area contributed by atoms with E-state index in [9.17, 15) is 39.0 Å². The summed E-state index contributed by atoms with van der Waals surface area (Å²) in [6, 6.07) is -0.256. The minimum Gasteiger partial charge on any atom is -0.478 e. The molecule has 0 aliphatic heterocycles. The van der Waals surface area contributed by atoms with E-state index in [1.807, 2.05) is 0 Å². The van der Waals surface area contributed by atoms with Gasteiger partial charge in [-0.3, -0.25) is 3.07 Å². The first kappa shape index (κ1) is 18.3. The summed E-state index contributed by atoms with van der Waals surface area (Å²) >= 11 is -2.91. The summed E-state index contributed by atoms with van der Waals surface area (Å²) in [6.07, 6.45) is -11.2. The number of aromatic carboxylic acids is 2. The van der Waals surface area contributed by atoms with Gasteiger partial charge in [-0.05, 0) is 6.07 Å². The fourth-order valence-electron chi connectivity index (χ4n) is 1.61. The first-order chi connectivity index (χ1) is 9.82. The molecular formula is C10H3F6IO5. The van der Waals surface area contributed by atoms with E-state index in [1.165, 1.54) is 0 Å². The van der Waals surface area contributed by atoms with E-state index >= 15 is 0 Å². The fraction of sp³-hybridized carbons (Fsp3) is 0.200. The van der Waals surface area contributed by atoms with Crippen LogP contribution in [0.1, 0.15) is 31.8 Å². The number of carbonyl (C=O) groups is 2. The molecule has 0 heterocycles. The Morgan fingerprint density at radius 3 is 1.73 bits per heavy atom. The number of carboxylic acids is 2. The Balaban J connectivity index is 4.15. The molecule has 0 spiro atoms. The molecule has 0 aromatic heterocycles. The van der Waals surface area contributed by atoms with E-state index in [4.69, 9.17) is 10.2 Å². The Labute approximate surface area is 127 Å². The first-order valence-corrected chi connectivity index (χ1v) is 6.87. The third-order valence-electron chi connectivity index (χ3n) is 2.37. The van der Waals surface area contributed by atoms with Crippen LogP contribution in [0.25, 0.3) is 0 Å². The van der Waals surface area contributed by atoms with Crippen molar-refractivity contribution < 1.29 is 49.2 Å². The number of halogens is 7. The standard InChI is InChI=1S/C10H3F6IO5/c11-9(12,13)3-1-2(7(18)19)6(17-22)5(10(14,15)16)4(3)8(20)21/h1H,(H,18,19)(H,20,21). The molecule has 0 saturated heterocycles. The van der Waals surface area contributed by atoms with Crippen LogP contribution < -0.4 is 0 Å². The largest absolute Gasteiger partial charge is 0.478 e. The lowest BCUT2D eigenvalue weighted by Gasteiger charge is -2.19. The highest BCUT2D eigenvalue weighted by molar-refractivity contribution is 14.1. The highest BCUT2D eigenvalue weighted by Gasteiger charge is 2.47. The normalized spacial score (nSPS) is 12.3. The molecule has 22 heavy (non-hydrogen) atoms. The lowest BCUT2D eigenvalue weighted by atomic mass is 9.96. The zero-order chi connectivity index (χ0) is 17.5. The molecular weight excluding hydrogens is 441 g/mol. The van der Waals surface area contributed by atoms with Crippen LogP contribution in [0.15, 0.2) is 6.07 Å². The summed E-state index contributed by atoms with van der Waals surface area (Å²) in [5, 5.41) is 17.4. The molecule has 0 aliphatic rings. The van der Waals surface area contributed by atoms with Gasteiger partial charge in [-0.2, -0.15) is 26.3 Å². The van der Waals surface area contributed by atoms with E-state index in [0.717, 1.165) is 0 Å². The topological polar surface area (TPSA) is 91.7 Å². The molecule has 122 valence electrons. The van der Waals surface area contributed by atoms with Crippen LogP contribution in [0.4, 0.5) is 26.3 Å². The minimum atomic E-state index is -5.63. The van der Waals surface area contributed by atoms with Gasteiger partial charge in [0.15, 0.2) is 21.2 Å². The molecule has 1 rings (SSSR count). The van der Waals surface area contributed by atoms with Gasteiger partial charge in [0, 0.05) is 0 Å². The summed E-state index contributed by atoms with van der Waals surface area (Å²) in [5.74, 6) is -4.74. The fourth-order valence-corrected chi connectivity index (χ4v) is 3.03. The molecule has 1 aromatic rings. The van der Waals surface area contributed by atoms with Crippen molar-refractivity contribution in [2.75, 3.05) is 0 Å². The molecule has 1 aromatic carbocycles. The van der Waals surface area contributed by atoms with E-state index in [0.29, 0.717) is 0 Å². The van der Waals surface area contributed by atoms with Crippen molar-refractivity contribution in [2.24, 2.45) is 0 Å². The van der Waals surface area contributed by atoms with Gasteiger partial charge >= 0.3 is 24.3 Å². The van der Waals surface area contributed by atoms with E-state index < -0.39 is 71.3 Å². The number of hydrogen-bond donors (Lipinski definition) is 2. The molecule has 2 N–H and O–H groups in total. The average Bonchev–Trinajstić information content (AvgIpc) is 2.33. The van der Waals surface area contributed by atoms with E-state index in [-0.39, 0.29) is 6.07 Å².